The van der Waals surface area contributed by atoms with E-state index in [1.54, 1.807) is 36.4 Å². The van der Waals surface area contributed by atoms with Crippen molar-refractivity contribution in [1.82, 2.24) is 0 Å². The summed E-state index contributed by atoms with van der Waals surface area (Å²) in [5.41, 5.74) is 0.487. The average Bonchev–Trinajstić information content (AvgIpc) is 2.74. The molecule has 5 atom stereocenters. The van der Waals surface area contributed by atoms with E-state index in [4.69, 9.17) is 19.0 Å². The number of ether oxygens (including phenoxy) is 2. The molecule has 0 amide bonds. The van der Waals surface area contributed by atoms with E-state index in [9.17, 15) is 24.9 Å². The van der Waals surface area contributed by atoms with Crippen molar-refractivity contribution in [3.63, 3.8) is 0 Å². The molecule has 1 fully saturated rings. The van der Waals surface area contributed by atoms with Crippen molar-refractivity contribution in [3.05, 3.63) is 64.8 Å². The Morgan fingerprint density at radius 2 is 1.67 bits per heavy atom. The van der Waals surface area contributed by atoms with E-state index in [2.05, 4.69) is 0 Å². The molecule has 9 heteroatoms. The van der Waals surface area contributed by atoms with E-state index in [1.165, 1.54) is 12.1 Å². The lowest BCUT2D eigenvalue weighted by Gasteiger charge is -2.38. The number of fused-ring (bicyclic) bond motifs is 1. The molecule has 0 radical (unpaired) electrons. The third-order valence-electron chi connectivity index (χ3n) is 4.83. The minimum Gasteiger partial charge on any atom is -0.479 e. The number of carboxylic acids is 1. The van der Waals surface area contributed by atoms with Gasteiger partial charge in [-0.05, 0) is 12.1 Å². The number of rotatable bonds is 4. The SMILES string of the molecule is O=C(O)C1OC(Oc2cccc3oc(-c4ccccc4)cc(=O)c23)C(O)C(O)C1O. The molecule has 4 N–H and O–H groups in total. The van der Waals surface area contributed by atoms with Gasteiger partial charge in [0.05, 0.1) is 0 Å². The van der Waals surface area contributed by atoms with Gasteiger partial charge in [0.1, 0.15) is 40.8 Å². The van der Waals surface area contributed by atoms with Crippen molar-refractivity contribution in [3.8, 4) is 17.1 Å². The molecule has 0 bridgehead atoms. The van der Waals surface area contributed by atoms with Crippen LogP contribution in [-0.4, -0.2) is 57.1 Å². The average molecular weight is 414 g/mol. The van der Waals surface area contributed by atoms with Crippen LogP contribution >= 0.6 is 0 Å². The topological polar surface area (TPSA) is 147 Å². The number of hydrogen-bond acceptors (Lipinski definition) is 8. The normalized spacial score (nSPS) is 26.4. The van der Waals surface area contributed by atoms with Crippen LogP contribution in [0, 0.1) is 0 Å². The van der Waals surface area contributed by atoms with Crippen molar-refractivity contribution in [2.75, 3.05) is 0 Å². The molecule has 1 saturated heterocycles. The summed E-state index contributed by atoms with van der Waals surface area (Å²) in [6.45, 7) is 0. The first-order valence-corrected chi connectivity index (χ1v) is 9.08. The largest absolute Gasteiger partial charge is 0.479 e. The fourth-order valence-electron chi connectivity index (χ4n) is 3.30. The lowest BCUT2D eigenvalue weighted by atomic mass is 9.99. The Labute approximate surface area is 169 Å². The second-order valence-corrected chi connectivity index (χ2v) is 6.82. The van der Waals surface area contributed by atoms with E-state index >= 15 is 0 Å². The predicted molar refractivity (Wildman–Crippen MR) is 103 cm³/mol. The molecule has 9 nitrogen and oxygen atoms in total. The van der Waals surface area contributed by atoms with Crippen LogP contribution in [0.2, 0.25) is 0 Å². The molecule has 0 spiro atoms. The Kier molecular flexibility index (Phi) is 5.27. The molecule has 30 heavy (non-hydrogen) atoms. The molecule has 2 aromatic carbocycles. The number of hydrogen-bond donors (Lipinski definition) is 4. The highest BCUT2D eigenvalue weighted by atomic mass is 16.7. The smallest absolute Gasteiger partial charge is 0.335 e. The molecule has 1 aromatic heterocycles. The van der Waals surface area contributed by atoms with Crippen molar-refractivity contribution in [1.29, 1.82) is 0 Å². The van der Waals surface area contributed by atoms with Gasteiger partial charge in [-0.3, -0.25) is 4.79 Å². The van der Waals surface area contributed by atoms with Crippen molar-refractivity contribution in [2.45, 2.75) is 30.7 Å². The maximum Gasteiger partial charge on any atom is 0.335 e. The van der Waals surface area contributed by atoms with Gasteiger partial charge in [-0.25, -0.2) is 4.79 Å². The first kappa shape index (κ1) is 20.0. The third-order valence-corrected chi connectivity index (χ3v) is 4.83. The molecular formula is C21H18O9. The Balaban J connectivity index is 1.71. The number of benzene rings is 2. The van der Waals surface area contributed by atoms with Crippen LogP contribution in [0.5, 0.6) is 5.75 Å². The minimum absolute atomic E-state index is 0.0300. The van der Waals surface area contributed by atoms with Crippen LogP contribution in [0.3, 0.4) is 0 Å². The Morgan fingerprint density at radius 1 is 0.933 bits per heavy atom. The number of aliphatic hydroxyl groups excluding tert-OH is 3. The van der Waals surface area contributed by atoms with Crippen LogP contribution in [0.25, 0.3) is 22.3 Å². The van der Waals surface area contributed by atoms with Gasteiger partial charge in [0.15, 0.2) is 11.5 Å². The molecule has 156 valence electrons. The van der Waals surface area contributed by atoms with Crippen molar-refractivity contribution in [2.24, 2.45) is 0 Å². The molecule has 4 rings (SSSR count). The lowest BCUT2D eigenvalue weighted by Crippen LogP contribution is -2.61. The fraction of sp³-hybridized carbons (Fsp3) is 0.238. The maximum absolute atomic E-state index is 12.8. The summed E-state index contributed by atoms with van der Waals surface area (Å²) in [7, 11) is 0. The van der Waals surface area contributed by atoms with Gasteiger partial charge in [-0.2, -0.15) is 0 Å². The van der Waals surface area contributed by atoms with Gasteiger partial charge in [0.2, 0.25) is 6.29 Å². The van der Waals surface area contributed by atoms with Gasteiger partial charge >= 0.3 is 5.97 Å². The first-order chi connectivity index (χ1) is 14.4. The van der Waals surface area contributed by atoms with Crippen molar-refractivity contribution >= 4 is 16.9 Å². The summed E-state index contributed by atoms with van der Waals surface area (Å²) in [6, 6.07) is 14.8. The van der Waals surface area contributed by atoms with E-state index in [-0.39, 0.29) is 16.7 Å². The summed E-state index contributed by atoms with van der Waals surface area (Å²) in [5.74, 6) is -1.21. The zero-order valence-electron chi connectivity index (χ0n) is 15.4. The quantitative estimate of drug-likeness (QED) is 0.485. The molecule has 1 aliphatic heterocycles. The lowest BCUT2D eigenvalue weighted by molar-refractivity contribution is -0.270. The third kappa shape index (κ3) is 3.55. The number of aliphatic carboxylic acids is 1. The van der Waals surface area contributed by atoms with Crippen LogP contribution in [0.4, 0.5) is 0 Å². The highest BCUT2D eigenvalue weighted by molar-refractivity contribution is 5.84. The summed E-state index contributed by atoms with van der Waals surface area (Å²) in [5, 5.41) is 39.1. The zero-order valence-corrected chi connectivity index (χ0v) is 15.4. The van der Waals surface area contributed by atoms with Crippen LogP contribution < -0.4 is 10.2 Å². The summed E-state index contributed by atoms with van der Waals surface area (Å²) in [6.07, 6.45) is -8.86. The van der Waals surface area contributed by atoms with Crippen LogP contribution in [0.1, 0.15) is 0 Å². The van der Waals surface area contributed by atoms with Gasteiger partial charge in [0.25, 0.3) is 0 Å². The van der Waals surface area contributed by atoms with Crippen LogP contribution in [-0.2, 0) is 9.53 Å². The second-order valence-electron chi connectivity index (χ2n) is 6.82. The summed E-state index contributed by atoms with van der Waals surface area (Å²) in [4.78, 5) is 24.0. The molecule has 3 aromatic rings. The number of carboxylic acid groups (broad SMARTS) is 1. The van der Waals surface area contributed by atoms with Crippen molar-refractivity contribution < 1.29 is 39.1 Å². The summed E-state index contributed by atoms with van der Waals surface area (Å²) >= 11 is 0. The van der Waals surface area contributed by atoms with E-state index < -0.39 is 42.1 Å². The highest BCUT2D eigenvalue weighted by Gasteiger charge is 2.48. The molecule has 0 saturated carbocycles. The Bertz CT molecular complexity index is 1120. The Hall–Kier alpha value is -3.24. The summed E-state index contributed by atoms with van der Waals surface area (Å²) < 4.78 is 16.5. The van der Waals surface area contributed by atoms with Gasteiger partial charge in [-0.1, -0.05) is 36.4 Å². The Morgan fingerprint density at radius 3 is 2.37 bits per heavy atom. The first-order valence-electron chi connectivity index (χ1n) is 9.08. The van der Waals surface area contributed by atoms with E-state index in [1.807, 2.05) is 6.07 Å². The molecule has 2 heterocycles. The van der Waals surface area contributed by atoms with Gasteiger partial charge in [-0.15, -0.1) is 0 Å². The fourth-order valence-corrected chi connectivity index (χ4v) is 3.30. The highest BCUT2D eigenvalue weighted by Crippen LogP contribution is 2.30. The number of carbonyl (C=O) groups is 1. The monoisotopic (exact) mass is 414 g/mol. The number of aliphatic hydroxyl groups is 3. The molecule has 1 aliphatic rings. The standard InChI is InChI=1S/C21H18O9/c22-11-9-14(10-5-2-1-3-6-10)28-12-7-4-8-13(15(11)12)29-21-18(25)16(23)17(24)19(30-21)20(26)27/h1-9,16-19,21,23-25H,(H,26,27). The van der Waals surface area contributed by atoms with Gasteiger partial charge in [0, 0.05) is 11.6 Å². The maximum atomic E-state index is 12.8. The molecule has 5 unspecified atom stereocenters. The zero-order chi connectivity index (χ0) is 21.4. The minimum atomic E-state index is -1.84. The predicted octanol–water partition coefficient (Wildman–Crippen LogP) is 0.731. The van der Waals surface area contributed by atoms with E-state index in [0.717, 1.165) is 0 Å². The molecular weight excluding hydrogens is 396 g/mol. The molecule has 0 aliphatic carbocycles. The van der Waals surface area contributed by atoms with Crippen LogP contribution in [0.15, 0.2) is 63.8 Å². The second kappa shape index (κ2) is 7.88. The van der Waals surface area contributed by atoms with E-state index in [0.29, 0.717) is 11.3 Å². The van der Waals surface area contributed by atoms with Gasteiger partial charge < -0.3 is 34.3 Å².